The number of rotatable bonds is 6. The quantitative estimate of drug-likeness (QED) is 0.643. The molecule has 1 saturated heterocycles. The number of aliphatic hydroxyl groups is 1. The molecule has 1 N–H and O–H groups in total. The standard InChI is InChI=1S/C15H22N2O4/c1-11(18)8-13-4-3-7-16(13)10-12-9-14(17(19)20)5-6-15(12)21-2/h5-6,9,11,13,18H,3-4,7-8,10H2,1-2H3. The van der Waals surface area contributed by atoms with Gasteiger partial charge in [-0.1, -0.05) is 0 Å². The van der Waals surface area contributed by atoms with E-state index in [9.17, 15) is 15.2 Å². The molecule has 116 valence electrons. The molecule has 0 amide bonds. The lowest BCUT2D eigenvalue weighted by molar-refractivity contribution is -0.385. The first-order chi connectivity index (χ1) is 10.0. The number of nitro benzene ring substituents is 1. The fourth-order valence-corrected chi connectivity index (χ4v) is 2.98. The average molecular weight is 294 g/mol. The molecule has 1 heterocycles. The van der Waals surface area contributed by atoms with Crippen LogP contribution in [0.4, 0.5) is 5.69 Å². The summed E-state index contributed by atoms with van der Waals surface area (Å²) in [6.07, 6.45) is 2.55. The van der Waals surface area contributed by atoms with Crippen molar-refractivity contribution in [2.75, 3.05) is 13.7 Å². The number of benzene rings is 1. The SMILES string of the molecule is COc1ccc([N+](=O)[O-])cc1CN1CCCC1CC(C)O. The summed E-state index contributed by atoms with van der Waals surface area (Å²) in [6, 6.07) is 5.01. The highest BCUT2D eigenvalue weighted by molar-refractivity contribution is 5.43. The van der Waals surface area contributed by atoms with Crippen molar-refractivity contribution >= 4 is 5.69 Å². The maximum atomic E-state index is 10.9. The number of nitro groups is 1. The molecular weight excluding hydrogens is 272 g/mol. The highest BCUT2D eigenvalue weighted by Crippen LogP contribution is 2.29. The largest absolute Gasteiger partial charge is 0.496 e. The van der Waals surface area contributed by atoms with E-state index in [1.807, 2.05) is 0 Å². The van der Waals surface area contributed by atoms with Gasteiger partial charge in [0.05, 0.1) is 18.1 Å². The zero-order valence-corrected chi connectivity index (χ0v) is 12.5. The lowest BCUT2D eigenvalue weighted by Gasteiger charge is -2.26. The van der Waals surface area contributed by atoms with Gasteiger partial charge in [0.15, 0.2) is 0 Å². The van der Waals surface area contributed by atoms with Crippen LogP contribution in [0.3, 0.4) is 0 Å². The average Bonchev–Trinajstić information content (AvgIpc) is 2.85. The maximum absolute atomic E-state index is 10.9. The van der Waals surface area contributed by atoms with Crippen molar-refractivity contribution in [3.05, 3.63) is 33.9 Å². The lowest BCUT2D eigenvalue weighted by Crippen LogP contribution is -2.31. The van der Waals surface area contributed by atoms with Crippen molar-refractivity contribution < 1.29 is 14.8 Å². The van der Waals surface area contributed by atoms with Crippen molar-refractivity contribution in [1.82, 2.24) is 4.90 Å². The molecule has 21 heavy (non-hydrogen) atoms. The third kappa shape index (κ3) is 3.92. The van der Waals surface area contributed by atoms with Gasteiger partial charge < -0.3 is 9.84 Å². The minimum Gasteiger partial charge on any atom is -0.496 e. The molecule has 1 aromatic carbocycles. The monoisotopic (exact) mass is 294 g/mol. The normalized spacial score (nSPS) is 20.4. The lowest BCUT2D eigenvalue weighted by atomic mass is 10.1. The van der Waals surface area contributed by atoms with E-state index in [0.717, 1.165) is 31.4 Å². The van der Waals surface area contributed by atoms with E-state index in [-0.39, 0.29) is 16.7 Å². The molecule has 2 atom stereocenters. The van der Waals surface area contributed by atoms with Gasteiger partial charge >= 0.3 is 0 Å². The van der Waals surface area contributed by atoms with Gasteiger partial charge in [0.25, 0.3) is 5.69 Å². The fourth-order valence-electron chi connectivity index (χ4n) is 2.98. The van der Waals surface area contributed by atoms with Crippen LogP contribution in [0.1, 0.15) is 31.7 Å². The summed E-state index contributed by atoms with van der Waals surface area (Å²) in [7, 11) is 1.57. The third-order valence-electron chi connectivity index (χ3n) is 3.96. The molecule has 0 spiro atoms. The predicted molar refractivity (Wildman–Crippen MR) is 79.4 cm³/mol. The van der Waals surface area contributed by atoms with Crippen LogP contribution in [-0.4, -0.2) is 40.7 Å². The van der Waals surface area contributed by atoms with Crippen LogP contribution in [0.25, 0.3) is 0 Å². The van der Waals surface area contributed by atoms with Crippen LogP contribution in [0.2, 0.25) is 0 Å². The Labute approximate surface area is 124 Å². The van der Waals surface area contributed by atoms with Crippen LogP contribution in [0.5, 0.6) is 5.75 Å². The van der Waals surface area contributed by atoms with Crippen molar-refractivity contribution in [1.29, 1.82) is 0 Å². The molecular formula is C15H22N2O4. The Kier molecular flexibility index (Phi) is 5.14. The number of non-ortho nitro benzene ring substituents is 1. The number of nitrogens with zero attached hydrogens (tertiary/aromatic N) is 2. The topological polar surface area (TPSA) is 75.8 Å². The number of aliphatic hydroxyl groups excluding tert-OH is 1. The fraction of sp³-hybridized carbons (Fsp3) is 0.600. The summed E-state index contributed by atoms with van der Waals surface area (Å²) in [5.74, 6) is 0.670. The van der Waals surface area contributed by atoms with Gasteiger partial charge in [0.2, 0.25) is 0 Å². The van der Waals surface area contributed by atoms with Crippen molar-refractivity contribution in [3.8, 4) is 5.75 Å². The van der Waals surface area contributed by atoms with E-state index in [4.69, 9.17) is 4.74 Å². The molecule has 6 nitrogen and oxygen atoms in total. The summed E-state index contributed by atoms with van der Waals surface area (Å²) >= 11 is 0. The minimum absolute atomic E-state index is 0.0806. The molecule has 0 bridgehead atoms. The predicted octanol–water partition coefficient (Wildman–Crippen LogP) is 2.34. The van der Waals surface area contributed by atoms with Crippen LogP contribution in [-0.2, 0) is 6.54 Å². The second kappa shape index (κ2) is 6.87. The van der Waals surface area contributed by atoms with Gasteiger partial charge in [-0.2, -0.15) is 0 Å². The van der Waals surface area contributed by atoms with E-state index in [1.54, 1.807) is 26.2 Å². The Morgan fingerprint density at radius 3 is 2.95 bits per heavy atom. The van der Waals surface area contributed by atoms with Crippen LogP contribution >= 0.6 is 0 Å². The van der Waals surface area contributed by atoms with Crippen molar-refractivity contribution in [2.24, 2.45) is 0 Å². The molecule has 0 aliphatic carbocycles. The molecule has 2 unspecified atom stereocenters. The number of methoxy groups -OCH3 is 1. The first-order valence-electron chi connectivity index (χ1n) is 7.24. The zero-order chi connectivity index (χ0) is 15.4. The van der Waals surface area contributed by atoms with E-state index < -0.39 is 0 Å². The number of hydrogen-bond donors (Lipinski definition) is 1. The van der Waals surface area contributed by atoms with Gasteiger partial charge in [0, 0.05) is 30.3 Å². The van der Waals surface area contributed by atoms with Gasteiger partial charge in [-0.15, -0.1) is 0 Å². The smallest absolute Gasteiger partial charge is 0.270 e. The molecule has 2 rings (SSSR count). The Hall–Kier alpha value is -1.66. The highest BCUT2D eigenvalue weighted by Gasteiger charge is 2.26. The first kappa shape index (κ1) is 15.7. The molecule has 1 aromatic rings. The third-order valence-corrected chi connectivity index (χ3v) is 3.96. The second-order valence-corrected chi connectivity index (χ2v) is 5.60. The summed E-state index contributed by atoms with van der Waals surface area (Å²) in [4.78, 5) is 12.8. The van der Waals surface area contributed by atoms with Crippen molar-refractivity contribution in [2.45, 2.75) is 44.9 Å². The van der Waals surface area contributed by atoms with Crippen LogP contribution in [0.15, 0.2) is 18.2 Å². The van der Waals surface area contributed by atoms with E-state index in [0.29, 0.717) is 18.3 Å². The minimum atomic E-state index is -0.389. The molecule has 0 saturated carbocycles. The van der Waals surface area contributed by atoms with Crippen LogP contribution in [0, 0.1) is 10.1 Å². The second-order valence-electron chi connectivity index (χ2n) is 5.60. The summed E-state index contributed by atoms with van der Waals surface area (Å²) in [5.41, 5.74) is 0.904. The Bertz CT molecular complexity index is 504. The first-order valence-corrected chi connectivity index (χ1v) is 7.24. The van der Waals surface area contributed by atoms with Crippen molar-refractivity contribution in [3.63, 3.8) is 0 Å². The van der Waals surface area contributed by atoms with Gasteiger partial charge in [0.1, 0.15) is 5.75 Å². The zero-order valence-electron chi connectivity index (χ0n) is 12.5. The molecule has 1 aliphatic rings. The molecule has 1 fully saturated rings. The van der Waals surface area contributed by atoms with Gasteiger partial charge in [-0.05, 0) is 38.8 Å². The summed E-state index contributed by atoms with van der Waals surface area (Å²) in [5, 5.41) is 20.5. The van der Waals surface area contributed by atoms with E-state index in [2.05, 4.69) is 4.90 Å². The van der Waals surface area contributed by atoms with E-state index >= 15 is 0 Å². The Morgan fingerprint density at radius 2 is 2.33 bits per heavy atom. The maximum Gasteiger partial charge on any atom is 0.270 e. The summed E-state index contributed by atoms with van der Waals surface area (Å²) < 4.78 is 5.31. The Balaban J connectivity index is 2.17. The molecule has 0 aromatic heterocycles. The number of hydrogen-bond acceptors (Lipinski definition) is 5. The van der Waals surface area contributed by atoms with Crippen LogP contribution < -0.4 is 4.74 Å². The number of likely N-dealkylation sites (tertiary alicyclic amines) is 1. The van der Waals surface area contributed by atoms with Gasteiger partial charge in [-0.25, -0.2) is 0 Å². The van der Waals surface area contributed by atoms with Gasteiger partial charge in [-0.3, -0.25) is 15.0 Å². The molecule has 0 radical (unpaired) electrons. The number of ether oxygens (including phenoxy) is 1. The molecule has 6 heteroatoms. The summed E-state index contributed by atoms with van der Waals surface area (Å²) in [6.45, 7) is 3.36. The Morgan fingerprint density at radius 1 is 1.57 bits per heavy atom. The van der Waals surface area contributed by atoms with E-state index in [1.165, 1.54) is 6.07 Å². The highest BCUT2D eigenvalue weighted by atomic mass is 16.6. The molecule has 1 aliphatic heterocycles.